The molecule has 0 bridgehead atoms. The van der Waals surface area contributed by atoms with Gasteiger partial charge < -0.3 is 11.1 Å². The van der Waals surface area contributed by atoms with Crippen LogP contribution < -0.4 is 11.1 Å². The average Bonchev–Trinajstić information content (AvgIpc) is 2.50. The quantitative estimate of drug-likeness (QED) is 0.828. The smallest absolute Gasteiger partial charge is 0.230 e. The molecule has 3 nitrogen and oxygen atoms in total. The number of benzene rings is 2. The Labute approximate surface area is 126 Å². The van der Waals surface area contributed by atoms with Crippen LogP contribution in [-0.4, -0.2) is 12.5 Å². The van der Waals surface area contributed by atoms with E-state index >= 15 is 0 Å². The van der Waals surface area contributed by atoms with E-state index in [9.17, 15) is 4.79 Å². The maximum absolute atomic E-state index is 12.4. The van der Waals surface area contributed by atoms with E-state index in [0.29, 0.717) is 6.54 Å². The normalized spacial score (nSPS) is 11.1. The zero-order chi connectivity index (χ0) is 15.3. The fourth-order valence-electron chi connectivity index (χ4n) is 2.21. The van der Waals surface area contributed by atoms with Gasteiger partial charge >= 0.3 is 0 Å². The summed E-state index contributed by atoms with van der Waals surface area (Å²) in [7, 11) is 0. The van der Waals surface area contributed by atoms with Crippen molar-refractivity contribution in [2.24, 2.45) is 0 Å². The van der Waals surface area contributed by atoms with Gasteiger partial charge in [0.1, 0.15) is 0 Å². The van der Waals surface area contributed by atoms with Crippen LogP contribution >= 0.6 is 0 Å². The third-order valence-electron chi connectivity index (χ3n) is 3.74. The molecule has 0 aliphatic rings. The first kappa shape index (κ1) is 15.1. The number of hydrogen-bond acceptors (Lipinski definition) is 2. The minimum absolute atomic E-state index is 0.0455. The van der Waals surface area contributed by atoms with Gasteiger partial charge in [0, 0.05) is 12.2 Å². The number of rotatable bonds is 5. The van der Waals surface area contributed by atoms with Crippen LogP contribution in [0.5, 0.6) is 0 Å². The van der Waals surface area contributed by atoms with Crippen LogP contribution in [0.25, 0.3) is 0 Å². The Morgan fingerprint density at radius 1 is 1.05 bits per heavy atom. The van der Waals surface area contributed by atoms with E-state index in [-0.39, 0.29) is 5.91 Å². The summed E-state index contributed by atoms with van der Waals surface area (Å²) < 4.78 is 0. The van der Waals surface area contributed by atoms with Crippen LogP contribution in [-0.2, 0) is 16.6 Å². The van der Waals surface area contributed by atoms with E-state index in [1.54, 1.807) is 0 Å². The van der Waals surface area contributed by atoms with Gasteiger partial charge in [-0.05, 0) is 43.5 Å². The van der Waals surface area contributed by atoms with Gasteiger partial charge in [0.25, 0.3) is 0 Å². The molecular formula is C18H22N2O. The summed E-state index contributed by atoms with van der Waals surface area (Å²) in [6, 6.07) is 17.6. The van der Waals surface area contributed by atoms with Gasteiger partial charge in [-0.15, -0.1) is 0 Å². The van der Waals surface area contributed by atoms with Crippen LogP contribution in [0.15, 0.2) is 54.6 Å². The first-order valence-corrected chi connectivity index (χ1v) is 7.18. The Hall–Kier alpha value is -2.29. The molecule has 21 heavy (non-hydrogen) atoms. The molecule has 0 saturated heterocycles. The van der Waals surface area contributed by atoms with Gasteiger partial charge in [-0.2, -0.15) is 0 Å². The molecule has 110 valence electrons. The van der Waals surface area contributed by atoms with Crippen LogP contribution in [0, 0.1) is 0 Å². The standard InChI is InChI=1S/C18H22N2O/c1-18(2,15-6-4-3-5-7-15)17(21)20-13-12-14-8-10-16(19)11-9-14/h3-11H,12-13,19H2,1-2H3,(H,20,21). The van der Waals surface area contributed by atoms with E-state index in [1.165, 1.54) is 5.56 Å². The predicted molar refractivity (Wildman–Crippen MR) is 87.0 cm³/mol. The number of carbonyl (C=O) groups is 1. The Morgan fingerprint density at radius 2 is 1.67 bits per heavy atom. The lowest BCUT2D eigenvalue weighted by Crippen LogP contribution is -2.40. The number of amides is 1. The lowest BCUT2D eigenvalue weighted by Gasteiger charge is -2.24. The molecule has 0 aliphatic heterocycles. The highest BCUT2D eigenvalue weighted by atomic mass is 16.2. The molecule has 0 saturated carbocycles. The second kappa shape index (κ2) is 6.44. The van der Waals surface area contributed by atoms with Gasteiger partial charge in [-0.25, -0.2) is 0 Å². The molecular weight excluding hydrogens is 260 g/mol. The van der Waals surface area contributed by atoms with E-state index < -0.39 is 5.41 Å². The number of nitrogen functional groups attached to an aromatic ring is 1. The molecule has 3 N–H and O–H groups in total. The highest BCUT2D eigenvalue weighted by Gasteiger charge is 2.28. The van der Waals surface area contributed by atoms with Gasteiger partial charge in [-0.3, -0.25) is 4.79 Å². The van der Waals surface area contributed by atoms with Crippen molar-refractivity contribution in [3.05, 3.63) is 65.7 Å². The van der Waals surface area contributed by atoms with Crippen molar-refractivity contribution in [1.29, 1.82) is 0 Å². The lowest BCUT2D eigenvalue weighted by atomic mass is 9.84. The number of carbonyl (C=O) groups excluding carboxylic acids is 1. The van der Waals surface area contributed by atoms with Crippen molar-refractivity contribution >= 4 is 11.6 Å². The molecule has 2 rings (SSSR count). The van der Waals surface area contributed by atoms with Gasteiger partial charge in [0.2, 0.25) is 5.91 Å². The number of hydrogen-bond donors (Lipinski definition) is 2. The fourth-order valence-corrected chi connectivity index (χ4v) is 2.21. The second-order valence-corrected chi connectivity index (χ2v) is 5.74. The van der Waals surface area contributed by atoms with Crippen molar-refractivity contribution in [1.82, 2.24) is 5.32 Å². The first-order valence-electron chi connectivity index (χ1n) is 7.18. The Balaban J connectivity index is 1.91. The van der Waals surface area contributed by atoms with Crippen molar-refractivity contribution in [2.45, 2.75) is 25.7 Å². The molecule has 1 amide bonds. The maximum atomic E-state index is 12.4. The molecule has 0 aromatic heterocycles. The summed E-state index contributed by atoms with van der Waals surface area (Å²) in [5.41, 5.74) is 8.08. The summed E-state index contributed by atoms with van der Waals surface area (Å²) in [5, 5.41) is 3.01. The summed E-state index contributed by atoms with van der Waals surface area (Å²) >= 11 is 0. The largest absolute Gasteiger partial charge is 0.399 e. The second-order valence-electron chi connectivity index (χ2n) is 5.74. The summed E-state index contributed by atoms with van der Waals surface area (Å²) in [4.78, 5) is 12.4. The maximum Gasteiger partial charge on any atom is 0.230 e. The zero-order valence-corrected chi connectivity index (χ0v) is 12.6. The highest BCUT2D eigenvalue weighted by molar-refractivity contribution is 5.87. The van der Waals surface area contributed by atoms with Crippen LogP contribution in [0.4, 0.5) is 5.69 Å². The molecule has 0 spiro atoms. The van der Waals surface area contributed by atoms with Gasteiger partial charge in [0.15, 0.2) is 0 Å². The van der Waals surface area contributed by atoms with E-state index in [0.717, 1.165) is 17.7 Å². The summed E-state index contributed by atoms with van der Waals surface area (Å²) in [6.07, 6.45) is 0.802. The van der Waals surface area contributed by atoms with Crippen molar-refractivity contribution in [3.63, 3.8) is 0 Å². The molecule has 3 heteroatoms. The van der Waals surface area contributed by atoms with Crippen LogP contribution in [0.2, 0.25) is 0 Å². The van der Waals surface area contributed by atoms with Gasteiger partial charge in [0.05, 0.1) is 5.41 Å². The van der Waals surface area contributed by atoms with E-state index in [1.807, 2.05) is 68.4 Å². The Kier molecular flexibility index (Phi) is 4.63. The minimum atomic E-state index is -0.525. The fraction of sp³-hybridized carbons (Fsp3) is 0.278. The number of nitrogens with one attached hydrogen (secondary N) is 1. The topological polar surface area (TPSA) is 55.1 Å². The highest BCUT2D eigenvalue weighted by Crippen LogP contribution is 2.22. The summed E-state index contributed by atoms with van der Waals surface area (Å²) in [5.74, 6) is 0.0455. The van der Waals surface area contributed by atoms with Crippen LogP contribution in [0.1, 0.15) is 25.0 Å². The molecule has 0 aliphatic carbocycles. The van der Waals surface area contributed by atoms with Crippen LogP contribution in [0.3, 0.4) is 0 Å². The number of nitrogens with two attached hydrogens (primary N) is 1. The predicted octanol–water partition coefficient (Wildman–Crippen LogP) is 2.91. The van der Waals surface area contributed by atoms with E-state index in [4.69, 9.17) is 5.73 Å². The Bertz CT molecular complexity index is 588. The van der Waals surface area contributed by atoms with Crippen molar-refractivity contribution in [3.8, 4) is 0 Å². The van der Waals surface area contributed by atoms with Crippen molar-refractivity contribution in [2.75, 3.05) is 12.3 Å². The average molecular weight is 282 g/mol. The van der Waals surface area contributed by atoms with Gasteiger partial charge in [-0.1, -0.05) is 42.5 Å². The Morgan fingerprint density at radius 3 is 2.29 bits per heavy atom. The van der Waals surface area contributed by atoms with Crippen molar-refractivity contribution < 1.29 is 4.79 Å². The zero-order valence-electron chi connectivity index (χ0n) is 12.6. The molecule has 0 atom stereocenters. The van der Waals surface area contributed by atoms with E-state index in [2.05, 4.69) is 5.32 Å². The number of anilines is 1. The minimum Gasteiger partial charge on any atom is -0.399 e. The molecule has 0 radical (unpaired) electrons. The molecule has 0 unspecified atom stereocenters. The summed E-state index contributed by atoms with van der Waals surface area (Å²) in [6.45, 7) is 4.51. The first-order chi connectivity index (χ1) is 10.00. The molecule has 0 heterocycles. The lowest BCUT2D eigenvalue weighted by molar-refractivity contribution is -0.125. The third-order valence-corrected chi connectivity index (χ3v) is 3.74. The molecule has 2 aromatic rings. The monoisotopic (exact) mass is 282 g/mol. The third kappa shape index (κ3) is 3.85. The SMILES string of the molecule is CC(C)(C(=O)NCCc1ccc(N)cc1)c1ccccc1. The molecule has 0 fully saturated rings. The molecule has 2 aromatic carbocycles.